The molecule has 0 heterocycles. The summed E-state index contributed by atoms with van der Waals surface area (Å²) in [7, 11) is 0. The van der Waals surface area contributed by atoms with Crippen LogP contribution in [0.1, 0.15) is 51.5 Å². The molecule has 1 N–H and O–H groups in total. The number of hydrogen-bond acceptors (Lipinski definition) is 2. The molecular formula is C16H24O3. The Morgan fingerprint density at radius 3 is 2.37 bits per heavy atom. The van der Waals surface area contributed by atoms with Gasteiger partial charge in [0, 0.05) is 0 Å². The maximum absolute atomic E-state index is 10.9. The third kappa shape index (κ3) is 5.77. The van der Waals surface area contributed by atoms with E-state index < -0.39 is 5.97 Å². The molecule has 1 unspecified atom stereocenters. The molecular weight excluding hydrogens is 240 g/mol. The highest BCUT2D eigenvalue weighted by molar-refractivity contribution is 5.68. The van der Waals surface area contributed by atoms with E-state index in [4.69, 9.17) is 9.84 Å². The van der Waals surface area contributed by atoms with Gasteiger partial charge in [0.05, 0.1) is 13.0 Å². The summed E-state index contributed by atoms with van der Waals surface area (Å²) < 4.78 is 5.63. The average molecular weight is 264 g/mol. The summed E-state index contributed by atoms with van der Waals surface area (Å²) in [5.74, 6) is 0.711. The highest BCUT2D eigenvalue weighted by atomic mass is 16.5. The van der Waals surface area contributed by atoms with Crippen molar-refractivity contribution in [3.8, 4) is 5.75 Å². The number of benzene rings is 1. The minimum Gasteiger partial charge on any atom is -0.493 e. The number of rotatable bonds is 8. The summed E-state index contributed by atoms with van der Waals surface area (Å²) in [6, 6.07) is 7.84. The predicted octanol–water partition coefficient (Wildman–Crippen LogP) is 4.08. The normalized spacial score (nSPS) is 12.4. The fourth-order valence-electron chi connectivity index (χ4n) is 2.04. The van der Waals surface area contributed by atoms with Crippen LogP contribution < -0.4 is 4.74 Å². The van der Waals surface area contributed by atoms with Crippen LogP contribution in [0.3, 0.4) is 0 Å². The SMILES string of the molecule is CCCC(CC(=O)O)c1ccc(OCC(C)C)cc1. The van der Waals surface area contributed by atoms with E-state index in [2.05, 4.69) is 20.8 Å². The first-order chi connectivity index (χ1) is 9.02. The Morgan fingerprint density at radius 2 is 1.89 bits per heavy atom. The minimum absolute atomic E-state index is 0.0987. The van der Waals surface area contributed by atoms with Gasteiger partial charge in [-0.1, -0.05) is 39.3 Å². The molecule has 0 aromatic heterocycles. The second kappa shape index (κ2) is 7.82. The van der Waals surface area contributed by atoms with E-state index in [1.807, 2.05) is 24.3 Å². The number of aliphatic carboxylic acids is 1. The van der Waals surface area contributed by atoms with Gasteiger partial charge in [-0.2, -0.15) is 0 Å². The molecule has 0 saturated carbocycles. The summed E-state index contributed by atoms with van der Waals surface area (Å²) >= 11 is 0. The molecule has 0 bridgehead atoms. The second-order valence-electron chi connectivity index (χ2n) is 5.36. The molecule has 0 amide bonds. The van der Waals surface area contributed by atoms with Crippen LogP contribution in [0.2, 0.25) is 0 Å². The third-order valence-corrected chi connectivity index (χ3v) is 2.99. The summed E-state index contributed by atoms with van der Waals surface area (Å²) in [4.78, 5) is 10.9. The smallest absolute Gasteiger partial charge is 0.303 e. The zero-order valence-corrected chi connectivity index (χ0v) is 12.1. The van der Waals surface area contributed by atoms with E-state index >= 15 is 0 Å². The first-order valence-electron chi connectivity index (χ1n) is 6.97. The Hall–Kier alpha value is -1.51. The van der Waals surface area contributed by atoms with Gasteiger partial charge in [-0.25, -0.2) is 0 Å². The number of ether oxygens (including phenoxy) is 1. The molecule has 1 atom stereocenters. The second-order valence-corrected chi connectivity index (χ2v) is 5.36. The van der Waals surface area contributed by atoms with Gasteiger partial charge in [0.1, 0.15) is 5.75 Å². The van der Waals surface area contributed by atoms with Crippen LogP contribution in [0.25, 0.3) is 0 Å². The van der Waals surface area contributed by atoms with Crippen molar-refractivity contribution in [1.29, 1.82) is 0 Å². The van der Waals surface area contributed by atoms with Crippen molar-refractivity contribution in [2.45, 2.75) is 46.0 Å². The van der Waals surface area contributed by atoms with Gasteiger partial charge in [0.15, 0.2) is 0 Å². The zero-order chi connectivity index (χ0) is 14.3. The van der Waals surface area contributed by atoms with Crippen molar-refractivity contribution in [3.05, 3.63) is 29.8 Å². The van der Waals surface area contributed by atoms with Gasteiger partial charge in [-0.3, -0.25) is 4.79 Å². The fraction of sp³-hybridized carbons (Fsp3) is 0.562. The largest absolute Gasteiger partial charge is 0.493 e. The summed E-state index contributed by atoms with van der Waals surface area (Å²) in [5.41, 5.74) is 1.08. The molecule has 0 spiro atoms. The lowest BCUT2D eigenvalue weighted by atomic mass is 9.91. The van der Waals surface area contributed by atoms with E-state index in [1.165, 1.54) is 0 Å². The maximum atomic E-state index is 10.9. The first kappa shape index (κ1) is 15.5. The first-order valence-corrected chi connectivity index (χ1v) is 6.97. The lowest BCUT2D eigenvalue weighted by Crippen LogP contribution is -2.07. The van der Waals surface area contributed by atoms with Gasteiger partial charge in [-0.15, -0.1) is 0 Å². The van der Waals surface area contributed by atoms with Crippen LogP contribution in [0.5, 0.6) is 5.75 Å². The van der Waals surface area contributed by atoms with Crippen molar-refractivity contribution in [3.63, 3.8) is 0 Å². The lowest BCUT2D eigenvalue weighted by Gasteiger charge is -2.15. The van der Waals surface area contributed by atoms with Gasteiger partial charge in [0.25, 0.3) is 0 Å². The fourth-order valence-corrected chi connectivity index (χ4v) is 2.04. The van der Waals surface area contributed by atoms with Crippen LogP contribution in [0.4, 0.5) is 0 Å². The summed E-state index contributed by atoms with van der Waals surface area (Å²) in [5, 5.41) is 8.95. The number of carbonyl (C=O) groups is 1. The average Bonchev–Trinajstić information content (AvgIpc) is 2.36. The van der Waals surface area contributed by atoms with Crippen LogP contribution in [0, 0.1) is 5.92 Å². The van der Waals surface area contributed by atoms with Crippen LogP contribution >= 0.6 is 0 Å². The highest BCUT2D eigenvalue weighted by Crippen LogP contribution is 2.26. The van der Waals surface area contributed by atoms with E-state index in [1.54, 1.807) is 0 Å². The Morgan fingerprint density at radius 1 is 1.26 bits per heavy atom. The van der Waals surface area contributed by atoms with Crippen molar-refractivity contribution in [2.24, 2.45) is 5.92 Å². The highest BCUT2D eigenvalue weighted by Gasteiger charge is 2.14. The Labute approximate surface area is 115 Å². The molecule has 0 aliphatic rings. The van der Waals surface area contributed by atoms with E-state index in [9.17, 15) is 4.79 Å². The molecule has 0 saturated heterocycles. The van der Waals surface area contributed by atoms with Gasteiger partial charge in [0.2, 0.25) is 0 Å². The van der Waals surface area contributed by atoms with Crippen molar-refractivity contribution in [1.82, 2.24) is 0 Å². The molecule has 1 aromatic carbocycles. The van der Waals surface area contributed by atoms with Crippen molar-refractivity contribution in [2.75, 3.05) is 6.61 Å². The van der Waals surface area contributed by atoms with Gasteiger partial charge in [-0.05, 0) is 36.0 Å². The predicted molar refractivity (Wildman–Crippen MR) is 76.7 cm³/mol. The van der Waals surface area contributed by atoms with Crippen LogP contribution in [-0.2, 0) is 4.79 Å². The van der Waals surface area contributed by atoms with Crippen molar-refractivity contribution < 1.29 is 14.6 Å². The molecule has 106 valence electrons. The summed E-state index contributed by atoms with van der Waals surface area (Å²) in [6.07, 6.45) is 2.09. The standard InChI is InChI=1S/C16H24O3/c1-4-5-14(10-16(17)18)13-6-8-15(9-7-13)19-11-12(2)3/h6-9,12,14H,4-5,10-11H2,1-3H3,(H,17,18). The van der Waals surface area contributed by atoms with Gasteiger partial charge < -0.3 is 9.84 Å². The zero-order valence-electron chi connectivity index (χ0n) is 12.1. The molecule has 1 aromatic rings. The molecule has 19 heavy (non-hydrogen) atoms. The number of carboxylic acids is 1. The number of hydrogen-bond donors (Lipinski definition) is 1. The molecule has 3 heteroatoms. The van der Waals surface area contributed by atoms with Gasteiger partial charge >= 0.3 is 5.97 Å². The van der Waals surface area contributed by atoms with Crippen LogP contribution in [-0.4, -0.2) is 17.7 Å². The number of carboxylic acid groups (broad SMARTS) is 1. The monoisotopic (exact) mass is 264 g/mol. The minimum atomic E-state index is -0.737. The Kier molecular flexibility index (Phi) is 6.40. The molecule has 0 aliphatic heterocycles. The summed E-state index contributed by atoms with van der Waals surface area (Å²) in [6.45, 7) is 7.00. The molecule has 0 fully saturated rings. The quantitative estimate of drug-likeness (QED) is 0.769. The lowest BCUT2D eigenvalue weighted by molar-refractivity contribution is -0.137. The van der Waals surface area contributed by atoms with Crippen LogP contribution in [0.15, 0.2) is 24.3 Å². The maximum Gasteiger partial charge on any atom is 0.303 e. The van der Waals surface area contributed by atoms with E-state index in [0.717, 1.165) is 24.2 Å². The Bertz CT molecular complexity index is 381. The molecule has 3 nitrogen and oxygen atoms in total. The third-order valence-electron chi connectivity index (χ3n) is 2.99. The van der Waals surface area contributed by atoms with E-state index in [-0.39, 0.29) is 12.3 Å². The van der Waals surface area contributed by atoms with Crippen molar-refractivity contribution >= 4 is 5.97 Å². The van der Waals surface area contributed by atoms with E-state index in [0.29, 0.717) is 12.5 Å². The topological polar surface area (TPSA) is 46.5 Å². The Balaban J connectivity index is 2.68. The molecule has 0 radical (unpaired) electrons. The molecule has 1 rings (SSSR count). The molecule has 0 aliphatic carbocycles.